The lowest BCUT2D eigenvalue weighted by Gasteiger charge is -2.01. The van der Waals surface area contributed by atoms with E-state index in [0.717, 1.165) is 6.07 Å². The van der Waals surface area contributed by atoms with Crippen LogP contribution in [0.5, 0.6) is 0 Å². The molecule has 64 valence electrons. The highest BCUT2D eigenvalue weighted by atomic mass is 35.5. The van der Waals surface area contributed by atoms with E-state index in [1.54, 1.807) is 13.0 Å². The predicted octanol–water partition coefficient (Wildman–Crippen LogP) is 2.99. The Bertz CT molecular complexity index is 310. The molecule has 1 aromatic carbocycles. The molecule has 1 rings (SSSR count). The molecule has 0 fully saturated rings. The minimum absolute atomic E-state index is 0.0833. The molecule has 0 aromatic heterocycles. The standard InChI is InChI=1S/C9H8ClFO/c1-5-3-7(6(2)12)4-8(11)9(5)10/h3-4H,1-2H3. The number of Topliss-reactive ketones (excluding diaryl/α,β-unsaturated/α-hetero) is 1. The lowest BCUT2D eigenvalue weighted by molar-refractivity contribution is 0.101. The summed E-state index contributed by atoms with van der Waals surface area (Å²) in [6, 6.07) is 2.73. The van der Waals surface area contributed by atoms with Gasteiger partial charge in [0.25, 0.3) is 0 Å². The monoisotopic (exact) mass is 186 g/mol. The van der Waals surface area contributed by atoms with E-state index in [1.165, 1.54) is 6.92 Å². The fourth-order valence-corrected chi connectivity index (χ4v) is 1.04. The zero-order valence-electron chi connectivity index (χ0n) is 6.82. The van der Waals surface area contributed by atoms with Crippen LogP contribution in [0.15, 0.2) is 12.1 Å². The molecule has 0 saturated heterocycles. The third-order valence-corrected chi connectivity index (χ3v) is 2.10. The van der Waals surface area contributed by atoms with Crippen LogP contribution in [0.25, 0.3) is 0 Å². The van der Waals surface area contributed by atoms with Gasteiger partial charge in [-0.15, -0.1) is 0 Å². The highest BCUT2D eigenvalue weighted by Crippen LogP contribution is 2.21. The van der Waals surface area contributed by atoms with Gasteiger partial charge in [-0.05, 0) is 31.5 Å². The largest absolute Gasteiger partial charge is 0.295 e. The van der Waals surface area contributed by atoms with E-state index in [1.807, 2.05) is 0 Å². The van der Waals surface area contributed by atoms with Crippen molar-refractivity contribution in [2.45, 2.75) is 13.8 Å². The summed E-state index contributed by atoms with van der Waals surface area (Å²) < 4.78 is 12.9. The molecule has 0 heterocycles. The normalized spacial score (nSPS) is 10.0. The van der Waals surface area contributed by atoms with Gasteiger partial charge in [0, 0.05) is 5.56 Å². The minimum atomic E-state index is -0.540. The quantitative estimate of drug-likeness (QED) is 0.617. The Kier molecular flexibility index (Phi) is 2.48. The molecule has 0 aliphatic carbocycles. The predicted molar refractivity (Wildman–Crippen MR) is 46.2 cm³/mol. The molecule has 0 aliphatic heterocycles. The van der Waals surface area contributed by atoms with Gasteiger partial charge in [0.2, 0.25) is 0 Å². The van der Waals surface area contributed by atoms with Crippen LogP contribution < -0.4 is 0 Å². The number of halogens is 2. The molecule has 1 aromatic rings. The second kappa shape index (κ2) is 3.23. The Morgan fingerprint density at radius 1 is 1.50 bits per heavy atom. The number of benzene rings is 1. The van der Waals surface area contributed by atoms with Crippen molar-refractivity contribution in [3.05, 3.63) is 34.1 Å². The van der Waals surface area contributed by atoms with Gasteiger partial charge in [-0.1, -0.05) is 11.6 Å². The number of rotatable bonds is 1. The molecule has 1 nitrogen and oxygen atoms in total. The molecule has 0 saturated carbocycles. The third-order valence-electron chi connectivity index (χ3n) is 1.62. The van der Waals surface area contributed by atoms with Gasteiger partial charge >= 0.3 is 0 Å². The first-order chi connectivity index (χ1) is 5.52. The molecular formula is C9H8ClFO. The van der Waals surface area contributed by atoms with E-state index in [-0.39, 0.29) is 10.8 Å². The van der Waals surface area contributed by atoms with Gasteiger partial charge in [0.05, 0.1) is 5.02 Å². The van der Waals surface area contributed by atoms with Crippen LogP contribution in [0.2, 0.25) is 5.02 Å². The summed E-state index contributed by atoms with van der Waals surface area (Å²) in [6.45, 7) is 3.06. The fourth-order valence-electron chi connectivity index (χ4n) is 0.930. The lowest BCUT2D eigenvalue weighted by Crippen LogP contribution is -1.95. The summed E-state index contributed by atoms with van der Waals surface area (Å²) in [7, 11) is 0. The first-order valence-electron chi connectivity index (χ1n) is 3.49. The zero-order valence-corrected chi connectivity index (χ0v) is 7.57. The van der Waals surface area contributed by atoms with Crippen molar-refractivity contribution in [1.82, 2.24) is 0 Å². The van der Waals surface area contributed by atoms with Crippen LogP contribution in [0.1, 0.15) is 22.8 Å². The van der Waals surface area contributed by atoms with Gasteiger partial charge in [-0.25, -0.2) is 4.39 Å². The number of hydrogen-bond donors (Lipinski definition) is 0. The summed E-state index contributed by atoms with van der Waals surface area (Å²) >= 11 is 5.57. The molecule has 0 N–H and O–H groups in total. The van der Waals surface area contributed by atoms with Gasteiger partial charge in [-0.3, -0.25) is 4.79 Å². The van der Waals surface area contributed by atoms with Crippen molar-refractivity contribution in [2.24, 2.45) is 0 Å². The Morgan fingerprint density at radius 3 is 2.50 bits per heavy atom. The van der Waals surface area contributed by atoms with Crippen molar-refractivity contribution in [3.8, 4) is 0 Å². The van der Waals surface area contributed by atoms with Crippen molar-refractivity contribution in [3.63, 3.8) is 0 Å². The van der Waals surface area contributed by atoms with Gasteiger partial charge in [-0.2, -0.15) is 0 Å². The maximum atomic E-state index is 12.9. The van der Waals surface area contributed by atoms with Gasteiger partial charge < -0.3 is 0 Å². The molecule has 0 atom stereocenters. The van der Waals surface area contributed by atoms with Crippen LogP contribution in [-0.4, -0.2) is 5.78 Å². The zero-order chi connectivity index (χ0) is 9.30. The van der Waals surface area contributed by atoms with Crippen molar-refractivity contribution in [1.29, 1.82) is 0 Å². The molecule has 0 unspecified atom stereocenters. The number of aryl methyl sites for hydroxylation is 1. The van der Waals surface area contributed by atoms with E-state index < -0.39 is 5.82 Å². The number of carbonyl (C=O) groups is 1. The van der Waals surface area contributed by atoms with Gasteiger partial charge in [0.1, 0.15) is 5.82 Å². The summed E-state index contributed by atoms with van der Waals surface area (Å²) in [5, 5.41) is 0.0833. The topological polar surface area (TPSA) is 17.1 Å². The Labute approximate surface area is 75.2 Å². The first kappa shape index (κ1) is 9.20. The van der Waals surface area contributed by atoms with Crippen LogP contribution in [0.4, 0.5) is 4.39 Å². The van der Waals surface area contributed by atoms with E-state index in [4.69, 9.17) is 11.6 Å². The second-order valence-corrected chi connectivity index (χ2v) is 3.02. The molecule has 0 aliphatic rings. The molecule has 0 bridgehead atoms. The van der Waals surface area contributed by atoms with Crippen molar-refractivity contribution < 1.29 is 9.18 Å². The highest BCUT2D eigenvalue weighted by molar-refractivity contribution is 6.31. The van der Waals surface area contributed by atoms with E-state index in [2.05, 4.69) is 0 Å². The molecule has 0 spiro atoms. The first-order valence-corrected chi connectivity index (χ1v) is 3.86. The number of hydrogen-bond acceptors (Lipinski definition) is 1. The van der Waals surface area contributed by atoms with Crippen LogP contribution in [0.3, 0.4) is 0 Å². The number of carbonyl (C=O) groups excluding carboxylic acids is 1. The van der Waals surface area contributed by atoms with E-state index >= 15 is 0 Å². The average Bonchev–Trinajstić information content (AvgIpc) is 1.99. The maximum Gasteiger partial charge on any atom is 0.159 e. The van der Waals surface area contributed by atoms with Crippen LogP contribution in [0, 0.1) is 12.7 Å². The Morgan fingerprint density at radius 2 is 2.08 bits per heavy atom. The molecule has 0 amide bonds. The average molecular weight is 187 g/mol. The summed E-state index contributed by atoms with van der Waals surface area (Å²) in [4.78, 5) is 10.9. The Balaban J connectivity index is 3.31. The molecule has 3 heteroatoms. The Hall–Kier alpha value is -0.890. The van der Waals surface area contributed by atoms with Crippen LogP contribution >= 0.6 is 11.6 Å². The fraction of sp³-hybridized carbons (Fsp3) is 0.222. The molecular weight excluding hydrogens is 179 g/mol. The third kappa shape index (κ3) is 1.64. The second-order valence-electron chi connectivity index (χ2n) is 2.65. The van der Waals surface area contributed by atoms with Crippen molar-refractivity contribution >= 4 is 17.4 Å². The van der Waals surface area contributed by atoms with Crippen LogP contribution in [-0.2, 0) is 0 Å². The van der Waals surface area contributed by atoms with Gasteiger partial charge in [0.15, 0.2) is 5.78 Å². The smallest absolute Gasteiger partial charge is 0.159 e. The summed E-state index contributed by atoms with van der Waals surface area (Å²) in [5.74, 6) is -0.699. The van der Waals surface area contributed by atoms with Crippen molar-refractivity contribution in [2.75, 3.05) is 0 Å². The molecule has 0 radical (unpaired) electrons. The minimum Gasteiger partial charge on any atom is -0.295 e. The maximum absolute atomic E-state index is 12.9. The summed E-state index contributed by atoms with van der Waals surface area (Å²) in [5.41, 5.74) is 0.941. The lowest BCUT2D eigenvalue weighted by atomic mass is 10.1. The SMILES string of the molecule is CC(=O)c1cc(C)c(Cl)c(F)c1. The molecule has 12 heavy (non-hydrogen) atoms. The van der Waals surface area contributed by atoms with E-state index in [9.17, 15) is 9.18 Å². The summed E-state index contributed by atoms with van der Waals surface area (Å²) in [6.07, 6.45) is 0. The highest BCUT2D eigenvalue weighted by Gasteiger charge is 2.07. The number of ketones is 1. The van der Waals surface area contributed by atoms with E-state index in [0.29, 0.717) is 11.1 Å².